The summed E-state index contributed by atoms with van der Waals surface area (Å²) >= 11 is 17.1. The lowest BCUT2D eigenvalue weighted by Gasteiger charge is -2.15. The summed E-state index contributed by atoms with van der Waals surface area (Å²) in [5, 5.41) is 1.58. The van der Waals surface area contributed by atoms with Crippen LogP contribution in [0.2, 0.25) is 10.0 Å². The van der Waals surface area contributed by atoms with Gasteiger partial charge in [0.2, 0.25) is 0 Å². The van der Waals surface area contributed by atoms with E-state index < -0.39 is 0 Å². The molecule has 0 aromatic heterocycles. The van der Waals surface area contributed by atoms with Gasteiger partial charge >= 0.3 is 0 Å². The topological polar surface area (TPSA) is 60.4 Å². The van der Waals surface area contributed by atoms with E-state index in [2.05, 4.69) is 20.9 Å². The maximum absolute atomic E-state index is 13.2. The average molecular weight is 636 g/mol. The van der Waals surface area contributed by atoms with Crippen LogP contribution in [0.5, 0.6) is 17.2 Å². The van der Waals surface area contributed by atoms with E-state index >= 15 is 0 Å². The molecule has 6 nitrogen and oxygen atoms in total. The molecule has 1 fully saturated rings. The molecule has 0 aliphatic carbocycles. The molecule has 0 N–H and O–H groups in total. The van der Waals surface area contributed by atoms with Gasteiger partial charge in [-0.15, -0.1) is 0 Å². The highest BCUT2D eigenvalue weighted by atomic mass is 79.9. The van der Waals surface area contributed by atoms with Crippen molar-refractivity contribution in [2.75, 3.05) is 20.3 Å². The summed E-state index contributed by atoms with van der Waals surface area (Å²) in [6.07, 6.45) is 1.84. The first-order valence-corrected chi connectivity index (χ1v) is 14.2. The lowest BCUT2D eigenvalue weighted by atomic mass is 10.1. The number of benzene rings is 3. The molecule has 0 atom stereocenters. The van der Waals surface area contributed by atoms with Crippen molar-refractivity contribution in [3.05, 3.63) is 85.1 Å². The Hall–Kier alpha value is -2.65. The SMILES string of the molecule is CCOc1cc(/C=C2/SC(=Nc3ccc(OC)cc3)N(CC)C2=O)cc(Br)c1OCc1ccc(Cl)c(Cl)c1. The Morgan fingerprint density at radius 1 is 1.03 bits per heavy atom. The van der Waals surface area contributed by atoms with Crippen LogP contribution in [0.4, 0.5) is 5.69 Å². The van der Waals surface area contributed by atoms with Crippen LogP contribution in [0.1, 0.15) is 25.0 Å². The minimum absolute atomic E-state index is 0.0983. The van der Waals surface area contributed by atoms with Crippen molar-refractivity contribution < 1.29 is 19.0 Å². The molecule has 0 radical (unpaired) electrons. The molecule has 1 heterocycles. The average Bonchev–Trinajstić information content (AvgIpc) is 3.19. The third kappa shape index (κ3) is 6.67. The zero-order valence-electron chi connectivity index (χ0n) is 21.0. The van der Waals surface area contributed by atoms with E-state index in [9.17, 15) is 4.79 Å². The minimum atomic E-state index is -0.0983. The molecule has 10 heteroatoms. The van der Waals surface area contributed by atoms with E-state index in [0.717, 1.165) is 22.6 Å². The van der Waals surface area contributed by atoms with Crippen molar-refractivity contribution in [1.82, 2.24) is 4.90 Å². The fraction of sp³-hybridized carbons (Fsp3) is 0.214. The molecule has 1 aliphatic heterocycles. The predicted molar refractivity (Wildman–Crippen MR) is 159 cm³/mol. The third-order valence-electron chi connectivity index (χ3n) is 5.50. The van der Waals surface area contributed by atoms with E-state index in [1.165, 1.54) is 11.8 Å². The lowest BCUT2D eigenvalue weighted by Crippen LogP contribution is -2.28. The number of ether oxygens (including phenoxy) is 3. The fourth-order valence-corrected chi connectivity index (χ4v) is 5.61. The van der Waals surface area contributed by atoms with Crippen molar-refractivity contribution in [2.24, 2.45) is 4.99 Å². The van der Waals surface area contributed by atoms with Gasteiger partial charge in [0.1, 0.15) is 12.4 Å². The standard InChI is InChI=1S/C28H25BrCl2N2O4S/c1-4-33-27(34)25(38-28(33)32-19-7-9-20(35-3)10-8-19)15-18-12-21(29)26(24(14-18)36-5-2)37-16-17-6-11-22(30)23(31)13-17/h6-15H,4-5,16H2,1-3H3/b25-15+,32-28?. The van der Waals surface area contributed by atoms with Crippen molar-refractivity contribution in [3.63, 3.8) is 0 Å². The summed E-state index contributed by atoms with van der Waals surface area (Å²) in [5.41, 5.74) is 2.40. The molecule has 1 amide bonds. The molecule has 3 aromatic rings. The largest absolute Gasteiger partial charge is 0.497 e. The van der Waals surface area contributed by atoms with Gasteiger partial charge in [0.15, 0.2) is 16.7 Å². The van der Waals surface area contributed by atoms with Crippen LogP contribution in [0.15, 0.2) is 69.0 Å². The van der Waals surface area contributed by atoms with Crippen LogP contribution in [-0.2, 0) is 11.4 Å². The molecule has 0 unspecified atom stereocenters. The van der Waals surface area contributed by atoms with Crippen LogP contribution in [0.25, 0.3) is 6.08 Å². The number of rotatable bonds is 9. The zero-order valence-corrected chi connectivity index (χ0v) is 24.9. The van der Waals surface area contributed by atoms with E-state index in [0.29, 0.717) is 49.2 Å². The van der Waals surface area contributed by atoms with Crippen molar-refractivity contribution in [2.45, 2.75) is 20.5 Å². The summed E-state index contributed by atoms with van der Waals surface area (Å²) in [6.45, 7) is 5.06. The monoisotopic (exact) mass is 634 g/mol. The molecule has 1 saturated heterocycles. The van der Waals surface area contributed by atoms with Crippen LogP contribution >= 0.6 is 50.9 Å². The Balaban J connectivity index is 1.59. The minimum Gasteiger partial charge on any atom is -0.497 e. The number of thioether (sulfide) groups is 1. The number of amides is 1. The molecular weight excluding hydrogens is 611 g/mol. The van der Waals surface area contributed by atoms with E-state index in [4.69, 9.17) is 37.4 Å². The number of hydrogen-bond acceptors (Lipinski definition) is 6. The van der Waals surface area contributed by atoms with Gasteiger partial charge in [0.25, 0.3) is 5.91 Å². The summed E-state index contributed by atoms with van der Waals surface area (Å²) in [7, 11) is 1.62. The molecule has 3 aromatic carbocycles. The fourth-order valence-electron chi connectivity index (χ4n) is 3.65. The van der Waals surface area contributed by atoms with Gasteiger partial charge in [-0.2, -0.15) is 0 Å². The van der Waals surface area contributed by atoms with Gasteiger partial charge in [-0.05, 0) is 107 Å². The Morgan fingerprint density at radius 2 is 1.79 bits per heavy atom. The number of carbonyl (C=O) groups is 1. The first kappa shape index (κ1) is 28.4. The van der Waals surface area contributed by atoms with Crippen molar-refractivity contribution in [3.8, 4) is 17.2 Å². The molecule has 198 valence electrons. The number of halogens is 3. The molecule has 4 rings (SSSR count). The Morgan fingerprint density at radius 3 is 2.45 bits per heavy atom. The van der Waals surface area contributed by atoms with E-state index in [-0.39, 0.29) is 12.5 Å². The number of likely N-dealkylation sites (N-methyl/N-ethyl adjacent to an activating group) is 1. The summed E-state index contributed by atoms with van der Waals surface area (Å²) in [4.78, 5) is 20.1. The number of methoxy groups -OCH3 is 1. The molecular formula is C28H25BrCl2N2O4S. The van der Waals surface area contributed by atoms with E-state index in [1.54, 1.807) is 24.1 Å². The van der Waals surface area contributed by atoms with Crippen LogP contribution in [-0.4, -0.2) is 36.2 Å². The highest BCUT2D eigenvalue weighted by Crippen LogP contribution is 2.40. The smallest absolute Gasteiger partial charge is 0.266 e. The van der Waals surface area contributed by atoms with Crippen LogP contribution < -0.4 is 14.2 Å². The molecule has 1 aliphatic rings. The summed E-state index contributed by atoms with van der Waals surface area (Å²) in [5.74, 6) is 1.77. The second kappa shape index (κ2) is 12.9. The van der Waals surface area contributed by atoms with Crippen molar-refractivity contribution >= 4 is 73.7 Å². The number of amidine groups is 1. The van der Waals surface area contributed by atoms with E-state index in [1.807, 2.05) is 62.4 Å². The number of nitrogens with zero attached hydrogens (tertiary/aromatic N) is 2. The quantitative estimate of drug-likeness (QED) is 0.221. The summed E-state index contributed by atoms with van der Waals surface area (Å²) < 4.78 is 17.9. The molecule has 0 saturated carbocycles. The van der Waals surface area contributed by atoms with Gasteiger partial charge in [-0.3, -0.25) is 9.69 Å². The van der Waals surface area contributed by atoms with Gasteiger partial charge < -0.3 is 14.2 Å². The second-order valence-corrected chi connectivity index (χ2v) is 10.7. The normalized spacial score (nSPS) is 15.4. The first-order chi connectivity index (χ1) is 18.3. The van der Waals surface area contributed by atoms with Gasteiger partial charge in [0, 0.05) is 6.54 Å². The Bertz CT molecular complexity index is 1400. The van der Waals surface area contributed by atoms with Gasteiger partial charge in [0.05, 0.1) is 38.8 Å². The highest BCUT2D eigenvalue weighted by molar-refractivity contribution is 9.10. The van der Waals surface area contributed by atoms with Crippen LogP contribution in [0, 0.1) is 0 Å². The molecule has 0 spiro atoms. The Kier molecular flexibility index (Phi) is 9.65. The molecule has 38 heavy (non-hydrogen) atoms. The van der Waals surface area contributed by atoms with Gasteiger partial charge in [-0.25, -0.2) is 4.99 Å². The third-order valence-corrected chi connectivity index (χ3v) is 7.83. The highest BCUT2D eigenvalue weighted by Gasteiger charge is 2.32. The van der Waals surface area contributed by atoms with Crippen LogP contribution in [0.3, 0.4) is 0 Å². The predicted octanol–water partition coefficient (Wildman–Crippen LogP) is 8.37. The first-order valence-electron chi connectivity index (χ1n) is 11.8. The zero-order chi connectivity index (χ0) is 27.2. The Labute approximate surface area is 244 Å². The summed E-state index contributed by atoms with van der Waals surface area (Å²) in [6, 6.07) is 16.5. The number of carbonyl (C=O) groups excluding carboxylic acids is 1. The second-order valence-electron chi connectivity index (χ2n) is 8.05. The molecule has 0 bridgehead atoms. The maximum Gasteiger partial charge on any atom is 0.266 e. The van der Waals surface area contributed by atoms with Gasteiger partial charge in [-0.1, -0.05) is 29.3 Å². The lowest BCUT2D eigenvalue weighted by molar-refractivity contribution is -0.122. The number of aliphatic imine (C=N–C) groups is 1. The number of hydrogen-bond donors (Lipinski definition) is 0. The maximum atomic E-state index is 13.2. The van der Waals surface area contributed by atoms with Crippen molar-refractivity contribution in [1.29, 1.82) is 0 Å².